The van der Waals surface area contributed by atoms with Crippen LogP contribution in [0.25, 0.3) is 0 Å². The van der Waals surface area contributed by atoms with Gasteiger partial charge < -0.3 is 79.2 Å². The topological polar surface area (TPSA) is 321 Å². The van der Waals surface area contributed by atoms with Crippen LogP contribution in [0.5, 0.6) is 0 Å². The molecule has 0 N–H and O–H groups in total. The number of unbranched alkanes of at least 4 members (excludes halogenated alkanes) is 48. The van der Waals surface area contributed by atoms with Crippen LogP contribution >= 0.6 is 0 Å². The zero-order chi connectivity index (χ0) is 73.9. The van der Waals surface area contributed by atoms with Crippen LogP contribution < -0.4 is 40.9 Å². The number of carbonyl (C=O) groups excluding carboxylic acids is 8. The molecule has 0 bridgehead atoms. The Morgan fingerprint density at radius 2 is 0.183 bits per heavy atom. The van der Waals surface area contributed by atoms with Gasteiger partial charge in [0.25, 0.3) is 0 Å². The summed E-state index contributed by atoms with van der Waals surface area (Å²) in [5.74, 6) is -7.31. The first-order valence-electron chi connectivity index (χ1n) is 39.8. The zero-order valence-electron chi connectivity index (χ0n) is 66.2. The summed E-state index contributed by atoms with van der Waals surface area (Å²) in [5, 5.41) is 80.2. The summed E-state index contributed by atoms with van der Waals surface area (Å²) in [7, 11) is 0. The molecule has 0 aromatic heterocycles. The fourth-order valence-corrected chi connectivity index (χ4v) is 9.81. The van der Waals surface area contributed by atoms with E-state index in [2.05, 4.69) is 55.4 Å². The Kier molecular flexibility index (Phi) is 194. The van der Waals surface area contributed by atoms with Crippen LogP contribution in [0.15, 0.2) is 0 Å². The summed E-state index contributed by atoms with van der Waals surface area (Å²) in [6.45, 7) is 17.5. The largest absolute Gasteiger partial charge is 1.00 e. The van der Waals surface area contributed by atoms with Crippen molar-refractivity contribution in [3.8, 4) is 0 Å². The van der Waals surface area contributed by atoms with Gasteiger partial charge in [-0.1, -0.05) is 364 Å². The molecule has 0 saturated heterocycles. The molecule has 0 amide bonds. The molecule has 0 unspecified atom stereocenters. The van der Waals surface area contributed by atoms with Crippen molar-refractivity contribution < 1.29 is 258 Å². The molecular formula is C80H152Ag8O16. The van der Waals surface area contributed by atoms with E-state index in [0.29, 0.717) is 0 Å². The molecule has 0 aliphatic rings. The molecule has 16 nitrogen and oxygen atoms in total. The number of hydrogen-bond donors (Lipinski definition) is 0. The monoisotopic (exact) mass is 2220 g/mol. The van der Waals surface area contributed by atoms with Gasteiger partial charge in [0, 0.05) is 47.8 Å². The van der Waals surface area contributed by atoms with E-state index >= 15 is 0 Å². The third-order valence-corrected chi connectivity index (χ3v) is 15.9. The van der Waals surface area contributed by atoms with Gasteiger partial charge in [-0.05, 0) is 103 Å². The Bertz CT molecular complexity index is 1260. The third-order valence-electron chi connectivity index (χ3n) is 15.9. The van der Waals surface area contributed by atoms with Gasteiger partial charge in [0.1, 0.15) is 0 Å². The number of carboxylic acid groups (broad SMARTS) is 8. The molecule has 0 radical (unpaired) electrons. The van der Waals surface area contributed by atoms with Crippen molar-refractivity contribution in [1.82, 2.24) is 0 Å². The van der Waals surface area contributed by atoms with Gasteiger partial charge in [0.15, 0.2) is 0 Å². The number of carboxylic acids is 8. The summed E-state index contributed by atoms with van der Waals surface area (Å²) < 4.78 is 0. The van der Waals surface area contributed by atoms with Crippen molar-refractivity contribution in [3.05, 3.63) is 0 Å². The van der Waals surface area contributed by atoms with Crippen LogP contribution in [0, 0.1) is 0 Å². The molecule has 0 aromatic carbocycles. The quantitative estimate of drug-likeness (QED) is 0.0403. The van der Waals surface area contributed by atoms with Crippen LogP contribution in [-0.2, 0) is 217 Å². The van der Waals surface area contributed by atoms with E-state index in [9.17, 15) is 79.2 Å². The molecule has 656 valence electrons. The van der Waals surface area contributed by atoms with E-state index in [0.717, 1.165) is 103 Å². The molecular weight excluding hydrogens is 2080 g/mol. The molecule has 0 saturated carbocycles. The molecule has 0 aliphatic heterocycles. The molecule has 0 spiro atoms. The molecule has 24 heteroatoms. The molecule has 0 fully saturated rings. The average Bonchev–Trinajstić information content (AvgIpc) is 3.79. The Labute approximate surface area is 763 Å². The van der Waals surface area contributed by atoms with Crippen molar-refractivity contribution in [2.75, 3.05) is 0 Å². The van der Waals surface area contributed by atoms with Crippen LogP contribution in [-0.4, -0.2) is 47.8 Å². The second kappa shape index (κ2) is 140. The molecule has 0 rings (SSSR count). The van der Waals surface area contributed by atoms with Crippen molar-refractivity contribution in [2.24, 2.45) is 0 Å². The van der Waals surface area contributed by atoms with E-state index in [4.69, 9.17) is 0 Å². The maximum absolute atomic E-state index is 10.0. The standard InChI is InChI=1S/8C10H20O2.8Ag/c8*1-2-3-4-5-6-7-8-9-10(11)12;;;;;;;;/h8*2-9H2,1H3,(H,11,12);;;;;;;;/q;;;;;;;;8*+1/p-8. The Hall–Kier alpha value is 1.68. The first-order chi connectivity index (χ1) is 46.2. The summed E-state index contributed by atoms with van der Waals surface area (Å²) in [5.41, 5.74) is 0. The van der Waals surface area contributed by atoms with Gasteiger partial charge in [-0.15, -0.1) is 0 Å². The van der Waals surface area contributed by atoms with E-state index in [1.54, 1.807) is 0 Å². The maximum Gasteiger partial charge on any atom is 1.00 e. The average molecular weight is 2230 g/mol. The Morgan fingerprint density at radius 3 is 0.240 bits per heavy atom. The molecule has 0 aromatic rings. The first kappa shape index (κ1) is 144. The predicted octanol–water partition coefficient (Wildman–Crippen LogP) is 15.0. The normalized spacial score (nSPS) is 9.31. The molecule has 0 atom stereocenters. The second-order valence-corrected chi connectivity index (χ2v) is 25.9. The third kappa shape index (κ3) is 201. The van der Waals surface area contributed by atoms with Gasteiger partial charge in [-0.25, -0.2) is 0 Å². The van der Waals surface area contributed by atoms with Gasteiger partial charge in [-0.2, -0.15) is 0 Å². The fourth-order valence-electron chi connectivity index (χ4n) is 9.81. The van der Waals surface area contributed by atoms with E-state index < -0.39 is 47.8 Å². The van der Waals surface area contributed by atoms with Gasteiger partial charge in [-0.3, -0.25) is 0 Å². The zero-order valence-corrected chi connectivity index (χ0v) is 78.1. The van der Waals surface area contributed by atoms with Crippen LogP contribution in [0.3, 0.4) is 0 Å². The number of rotatable bonds is 64. The summed E-state index contributed by atoms with van der Waals surface area (Å²) in [6, 6.07) is 0. The van der Waals surface area contributed by atoms with Gasteiger partial charge in [0.05, 0.1) is 0 Å². The maximum atomic E-state index is 10.0. The van der Waals surface area contributed by atoms with E-state index in [1.165, 1.54) is 257 Å². The van der Waals surface area contributed by atoms with Crippen LogP contribution in [0.1, 0.15) is 466 Å². The minimum absolute atomic E-state index is 0. The van der Waals surface area contributed by atoms with Crippen molar-refractivity contribution in [1.29, 1.82) is 0 Å². The summed E-state index contributed by atoms with van der Waals surface area (Å²) in [6.07, 6.45) is 66.7. The minimum Gasteiger partial charge on any atom is -0.550 e. The second-order valence-electron chi connectivity index (χ2n) is 25.9. The van der Waals surface area contributed by atoms with Crippen molar-refractivity contribution in [2.45, 2.75) is 466 Å². The Balaban J connectivity index is -0.0000000601. The molecule has 104 heavy (non-hydrogen) atoms. The minimum atomic E-state index is -0.913. The number of hydrogen-bond acceptors (Lipinski definition) is 16. The summed E-state index contributed by atoms with van der Waals surface area (Å²) in [4.78, 5) is 80.2. The Morgan fingerprint density at radius 1 is 0.125 bits per heavy atom. The van der Waals surface area contributed by atoms with Crippen molar-refractivity contribution >= 4 is 47.8 Å². The fraction of sp³-hybridized carbons (Fsp3) is 0.900. The first-order valence-corrected chi connectivity index (χ1v) is 39.8. The SMILES string of the molecule is CCCCCCCCCC(=O)[O-].CCCCCCCCCC(=O)[O-].CCCCCCCCCC(=O)[O-].CCCCCCCCCC(=O)[O-].CCCCCCCCCC(=O)[O-].CCCCCCCCCC(=O)[O-].CCCCCCCCCC(=O)[O-].CCCCCCCCCC(=O)[O-].[Ag+].[Ag+].[Ag+].[Ag+].[Ag+].[Ag+].[Ag+].[Ag+]. The van der Waals surface area contributed by atoms with Crippen LogP contribution in [0.2, 0.25) is 0 Å². The van der Waals surface area contributed by atoms with E-state index in [1.807, 2.05) is 0 Å². The van der Waals surface area contributed by atoms with Crippen LogP contribution in [0.4, 0.5) is 0 Å². The van der Waals surface area contributed by atoms with Crippen molar-refractivity contribution in [3.63, 3.8) is 0 Å². The van der Waals surface area contributed by atoms with Gasteiger partial charge >= 0.3 is 179 Å². The number of aliphatic carboxylic acids is 8. The number of carbonyl (C=O) groups is 8. The summed E-state index contributed by atoms with van der Waals surface area (Å²) >= 11 is 0. The molecule has 0 heterocycles. The smallest absolute Gasteiger partial charge is 0.550 e. The molecule has 0 aliphatic carbocycles. The van der Waals surface area contributed by atoms with Gasteiger partial charge in [0.2, 0.25) is 0 Å². The predicted molar refractivity (Wildman–Crippen MR) is 381 cm³/mol. The van der Waals surface area contributed by atoms with E-state index in [-0.39, 0.29) is 230 Å².